The number of carbonyl (C=O) groups is 2. The van der Waals surface area contributed by atoms with Gasteiger partial charge >= 0.3 is 0 Å². The fourth-order valence-electron chi connectivity index (χ4n) is 3.44. The van der Waals surface area contributed by atoms with Crippen molar-refractivity contribution in [3.8, 4) is 0 Å². The van der Waals surface area contributed by atoms with Crippen molar-refractivity contribution in [3.05, 3.63) is 34.4 Å². The van der Waals surface area contributed by atoms with E-state index < -0.39 is 0 Å². The highest BCUT2D eigenvalue weighted by molar-refractivity contribution is 6.22. The fourth-order valence-corrected chi connectivity index (χ4v) is 3.44. The maximum Gasteiger partial charge on any atom is 0.261 e. The van der Waals surface area contributed by atoms with E-state index >= 15 is 0 Å². The smallest absolute Gasteiger partial charge is 0.261 e. The highest BCUT2D eigenvalue weighted by atomic mass is 16.2. The minimum atomic E-state index is -0.115. The third-order valence-corrected chi connectivity index (χ3v) is 4.89. The van der Waals surface area contributed by atoms with Crippen LogP contribution in [0, 0.1) is 19.3 Å². The molecule has 0 atom stereocenters. The quantitative estimate of drug-likeness (QED) is 0.849. The van der Waals surface area contributed by atoms with Crippen LogP contribution in [0.15, 0.2) is 12.1 Å². The topological polar surface area (TPSA) is 49.4 Å². The molecule has 112 valence electrons. The van der Waals surface area contributed by atoms with Crippen molar-refractivity contribution in [1.82, 2.24) is 10.2 Å². The number of rotatable bonds is 2. The van der Waals surface area contributed by atoms with Gasteiger partial charge in [-0.25, -0.2) is 0 Å². The van der Waals surface area contributed by atoms with Crippen molar-refractivity contribution in [2.45, 2.75) is 33.6 Å². The van der Waals surface area contributed by atoms with Gasteiger partial charge in [-0.1, -0.05) is 19.1 Å². The number of nitrogens with zero attached hydrogens (tertiary/aromatic N) is 1. The lowest BCUT2D eigenvalue weighted by Gasteiger charge is -2.36. The summed E-state index contributed by atoms with van der Waals surface area (Å²) in [5.74, 6) is -0.230. The molecule has 0 aromatic heterocycles. The molecule has 0 radical (unpaired) electrons. The molecular formula is C17H22N2O2. The van der Waals surface area contributed by atoms with Crippen LogP contribution in [0.3, 0.4) is 0 Å². The highest BCUT2D eigenvalue weighted by Gasteiger charge is 2.41. The van der Waals surface area contributed by atoms with Crippen LogP contribution in [-0.2, 0) is 0 Å². The molecule has 1 aromatic rings. The van der Waals surface area contributed by atoms with Gasteiger partial charge in [0.05, 0.1) is 11.1 Å². The van der Waals surface area contributed by atoms with Crippen LogP contribution in [0.5, 0.6) is 0 Å². The van der Waals surface area contributed by atoms with Crippen molar-refractivity contribution in [1.29, 1.82) is 0 Å². The summed E-state index contributed by atoms with van der Waals surface area (Å²) in [6.45, 7) is 8.42. The second-order valence-corrected chi connectivity index (χ2v) is 6.71. The number of imide groups is 1. The van der Waals surface area contributed by atoms with Gasteiger partial charge in [0.1, 0.15) is 0 Å². The van der Waals surface area contributed by atoms with E-state index in [-0.39, 0.29) is 17.2 Å². The Balaban J connectivity index is 1.93. The molecule has 0 saturated carbocycles. The number of nitrogens with one attached hydrogen (secondary N) is 1. The van der Waals surface area contributed by atoms with Crippen LogP contribution < -0.4 is 5.32 Å². The lowest BCUT2D eigenvalue weighted by atomic mass is 9.80. The zero-order valence-corrected chi connectivity index (χ0v) is 13.0. The number of amides is 2. The molecule has 1 aromatic carbocycles. The predicted octanol–water partition coefficient (Wildman–Crippen LogP) is 2.29. The van der Waals surface area contributed by atoms with Gasteiger partial charge in [0.25, 0.3) is 11.8 Å². The fraction of sp³-hybridized carbons (Fsp3) is 0.529. The predicted molar refractivity (Wildman–Crippen MR) is 81.5 cm³/mol. The summed E-state index contributed by atoms with van der Waals surface area (Å²) in [5.41, 5.74) is 3.04. The van der Waals surface area contributed by atoms with Gasteiger partial charge in [-0.3, -0.25) is 14.5 Å². The van der Waals surface area contributed by atoms with E-state index in [2.05, 4.69) is 12.2 Å². The minimum Gasteiger partial charge on any atom is -0.317 e. The number of hydrogen-bond donors (Lipinski definition) is 1. The first-order valence-corrected chi connectivity index (χ1v) is 7.60. The molecule has 2 aliphatic heterocycles. The van der Waals surface area contributed by atoms with E-state index in [4.69, 9.17) is 0 Å². The zero-order valence-electron chi connectivity index (χ0n) is 13.0. The first-order valence-electron chi connectivity index (χ1n) is 7.60. The Bertz CT molecular complexity index is 574. The normalized spacial score (nSPS) is 20.8. The van der Waals surface area contributed by atoms with Crippen LogP contribution in [0.2, 0.25) is 0 Å². The Kier molecular flexibility index (Phi) is 3.36. The maximum absolute atomic E-state index is 12.7. The van der Waals surface area contributed by atoms with E-state index in [1.807, 2.05) is 26.0 Å². The molecule has 1 saturated heterocycles. The Labute approximate surface area is 125 Å². The first-order chi connectivity index (χ1) is 9.93. The third-order valence-electron chi connectivity index (χ3n) is 4.89. The molecule has 2 heterocycles. The summed E-state index contributed by atoms with van der Waals surface area (Å²) >= 11 is 0. The van der Waals surface area contributed by atoms with E-state index in [1.54, 1.807) is 0 Å². The molecular weight excluding hydrogens is 264 g/mol. The van der Waals surface area contributed by atoms with Gasteiger partial charge in [-0.05, 0) is 56.3 Å². The van der Waals surface area contributed by atoms with Gasteiger partial charge in [-0.2, -0.15) is 0 Å². The Hall–Kier alpha value is -1.68. The number of fused-ring (bicyclic) bond motifs is 1. The van der Waals surface area contributed by atoms with Crippen LogP contribution in [0.4, 0.5) is 0 Å². The van der Waals surface area contributed by atoms with Gasteiger partial charge in [0.2, 0.25) is 0 Å². The standard InChI is InChI=1S/C17H22N2O2/c1-11-4-5-12(2)14-13(11)15(20)19(16(14)21)10-17(3)6-8-18-9-7-17/h4-5,18H,6-10H2,1-3H3. The van der Waals surface area contributed by atoms with Gasteiger partial charge in [0, 0.05) is 6.54 Å². The average molecular weight is 286 g/mol. The van der Waals surface area contributed by atoms with Gasteiger partial charge in [0.15, 0.2) is 0 Å². The van der Waals surface area contributed by atoms with Crippen molar-refractivity contribution in [2.24, 2.45) is 5.41 Å². The lowest BCUT2D eigenvalue weighted by molar-refractivity contribution is 0.0547. The van der Waals surface area contributed by atoms with Gasteiger partial charge in [-0.15, -0.1) is 0 Å². The molecule has 4 heteroatoms. The molecule has 1 N–H and O–H groups in total. The SMILES string of the molecule is Cc1ccc(C)c2c1C(=O)N(CC1(C)CCNCC1)C2=O. The molecule has 0 spiro atoms. The average Bonchev–Trinajstić information content (AvgIpc) is 2.69. The summed E-state index contributed by atoms with van der Waals surface area (Å²) in [7, 11) is 0. The number of aryl methyl sites for hydroxylation is 2. The zero-order chi connectivity index (χ0) is 15.2. The number of hydrogen-bond acceptors (Lipinski definition) is 3. The second-order valence-electron chi connectivity index (χ2n) is 6.71. The molecule has 0 bridgehead atoms. The second kappa shape index (κ2) is 4.95. The van der Waals surface area contributed by atoms with Crippen molar-refractivity contribution in [2.75, 3.05) is 19.6 Å². The minimum absolute atomic E-state index is 0.0282. The summed E-state index contributed by atoms with van der Waals surface area (Å²) in [5, 5.41) is 3.33. The monoisotopic (exact) mass is 286 g/mol. The van der Waals surface area contributed by atoms with Crippen molar-refractivity contribution >= 4 is 11.8 Å². The Morgan fingerprint density at radius 3 is 2.00 bits per heavy atom. The van der Waals surface area contributed by atoms with Crippen LogP contribution >= 0.6 is 0 Å². The lowest BCUT2D eigenvalue weighted by Crippen LogP contribution is -2.45. The van der Waals surface area contributed by atoms with Crippen molar-refractivity contribution in [3.63, 3.8) is 0 Å². The van der Waals surface area contributed by atoms with E-state index in [9.17, 15) is 9.59 Å². The van der Waals surface area contributed by atoms with E-state index in [0.29, 0.717) is 17.7 Å². The maximum atomic E-state index is 12.7. The van der Waals surface area contributed by atoms with Gasteiger partial charge < -0.3 is 5.32 Å². The molecule has 0 unspecified atom stereocenters. The number of benzene rings is 1. The van der Waals surface area contributed by atoms with Crippen LogP contribution in [-0.4, -0.2) is 36.3 Å². The van der Waals surface area contributed by atoms with Crippen LogP contribution in [0.25, 0.3) is 0 Å². The third kappa shape index (κ3) is 2.27. The Morgan fingerprint density at radius 1 is 1.05 bits per heavy atom. The first kappa shape index (κ1) is 14.3. The summed E-state index contributed by atoms with van der Waals surface area (Å²) < 4.78 is 0. The molecule has 2 aliphatic rings. The number of piperidine rings is 1. The molecule has 4 nitrogen and oxygen atoms in total. The molecule has 1 fully saturated rings. The molecule has 2 amide bonds. The highest BCUT2D eigenvalue weighted by Crippen LogP contribution is 2.34. The number of carbonyl (C=O) groups excluding carboxylic acids is 2. The van der Waals surface area contributed by atoms with E-state index in [1.165, 1.54) is 4.90 Å². The summed E-state index contributed by atoms with van der Waals surface area (Å²) in [6.07, 6.45) is 2.00. The van der Waals surface area contributed by atoms with Crippen molar-refractivity contribution < 1.29 is 9.59 Å². The van der Waals surface area contributed by atoms with E-state index in [0.717, 1.165) is 37.1 Å². The largest absolute Gasteiger partial charge is 0.317 e. The molecule has 0 aliphatic carbocycles. The Morgan fingerprint density at radius 2 is 1.52 bits per heavy atom. The molecule has 3 rings (SSSR count). The summed E-state index contributed by atoms with van der Waals surface area (Å²) in [4.78, 5) is 26.8. The molecule has 21 heavy (non-hydrogen) atoms. The summed E-state index contributed by atoms with van der Waals surface area (Å²) in [6, 6.07) is 3.85. The van der Waals surface area contributed by atoms with Crippen LogP contribution in [0.1, 0.15) is 51.6 Å².